The highest BCUT2D eigenvalue weighted by atomic mass is 79.9. The van der Waals surface area contributed by atoms with Gasteiger partial charge in [-0.2, -0.15) is 0 Å². The second kappa shape index (κ2) is 9.95. The molecule has 5 rings (SSSR count). The van der Waals surface area contributed by atoms with E-state index < -0.39 is 0 Å². The first-order valence-electron chi connectivity index (χ1n) is 14.1. The summed E-state index contributed by atoms with van der Waals surface area (Å²) < 4.78 is 28.1. The second-order valence-corrected chi connectivity index (χ2v) is 13.8. The summed E-state index contributed by atoms with van der Waals surface area (Å²) in [7, 11) is -0.759. The number of hydrogen-bond acceptors (Lipinski definition) is 4. The number of rotatable bonds is 8. The summed E-state index contributed by atoms with van der Waals surface area (Å²) in [6.07, 6.45) is 4.79. The molecule has 2 aliphatic heterocycles. The van der Waals surface area contributed by atoms with Crippen LogP contribution in [0.15, 0.2) is 36.4 Å². The van der Waals surface area contributed by atoms with E-state index in [1.165, 1.54) is 41.1 Å². The molecule has 2 aromatic carbocycles. The van der Waals surface area contributed by atoms with Gasteiger partial charge in [0.05, 0.1) is 22.4 Å². The summed E-state index contributed by atoms with van der Waals surface area (Å²) in [6.45, 7) is 17.8. The summed E-state index contributed by atoms with van der Waals surface area (Å²) >= 11 is 3.56. The molecule has 0 bridgehead atoms. The lowest BCUT2D eigenvalue weighted by Gasteiger charge is -2.32. The van der Waals surface area contributed by atoms with E-state index in [2.05, 4.69) is 112 Å². The van der Waals surface area contributed by atoms with Crippen molar-refractivity contribution in [1.29, 1.82) is 0 Å². The van der Waals surface area contributed by atoms with E-state index >= 15 is 0 Å². The fourth-order valence-corrected chi connectivity index (χ4v) is 5.74. The van der Waals surface area contributed by atoms with Gasteiger partial charge in [-0.25, -0.2) is 0 Å². The first kappa shape index (κ1) is 28.2. The first-order chi connectivity index (χ1) is 17.8. The number of fused-ring (bicyclic) bond motifs is 3. The molecule has 0 atom stereocenters. The van der Waals surface area contributed by atoms with Crippen LogP contribution in [0, 0.1) is 0 Å². The predicted molar refractivity (Wildman–Crippen MR) is 163 cm³/mol. The average molecular weight is 582 g/mol. The van der Waals surface area contributed by atoms with Crippen molar-refractivity contribution in [2.24, 2.45) is 0 Å². The van der Waals surface area contributed by atoms with Crippen LogP contribution in [0.25, 0.3) is 21.8 Å². The van der Waals surface area contributed by atoms with Crippen molar-refractivity contribution in [1.82, 2.24) is 4.57 Å². The minimum absolute atomic E-state index is 0.369. The number of aryl methyl sites for hydroxylation is 1. The standard InChI is InChI=1S/C30H42B2BrNO4/c1-27(2)28(3,4)36-31(35-27)21-13-15-23-24-16-14-22(32-37-29(5,6)30(7,8)38-32)20-26(24)34(25(23)19-21)18-12-10-9-11-17-33/h13-16,19-20H,9-12,17-18H2,1-8H3. The van der Waals surface area contributed by atoms with Crippen LogP contribution in [-0.2, 0) is 25.2 Å². The Morgan fingerprint density at radius 3 is 1.39 bits per heavy atom. The number of hydrogen-bond donors (Lipinski definition) is 0. The van der Waals surface area contributed by atoms with E-state index in [1.54, 1.807) is 0 Å². The fourth-order valence-electron chi connectivity index (χ4n) is 5.34. The third kappa shape index (κ3) is 4.89. The van der Waals surface area contributed by atoms with Gasteiger partial charge in [0.25, 0.3) is 0 Å². The molecule has 2 aliphatic rings. The molecule has 0 spiro atoms. The normalized spacial score (nSPS) is 21.7. The highest BCUT2D eigenvalue weighted by Gasteiger charge is 2.52. The quantitative estimate of drug-likeness (QED) is 0.177. The molecule has 8 heteroatoms. The highest BCUT2D eigenvalue weighted by molar-refractivity contribution is 9.09. The van der Waals surface area contributed by atoms with Gasteiger partial charge in [-0.05, 0) is 91.3 Å². The Bertz CT molecular complexity index is 1210. The zero-order valence-corrected chi connectivity index (χ0v) is 25.9. The van der Waals surface area contributed by atoms with Crippen LogP contribution in [0.3, 0.4) is 0 Å². The van der Waals surface area contributed by atoms with Gasteiger partial charge < -0.3 is 23.2 Å². The molecule has 3 aromatic rings. The Kier molecular flexibility index (Phi) is 7.39. The third-order valence-electron chi connectivity index (χ3n) is 9.23. The van der Waals surface area contributed by atoms with E-state index in [4.69, 9.17) is 18.6 Å². The van der Waals surface area contributed by atoms with Gasteiger partial charge in [0.1, 0.15) is 0 Å². The van der Waals surface area contributed by atoms with Crippen LogP contribution < -0.4 is 10.9 Å². The van der Waals surface area contributed by atoms with Gasteiger partial charge in [0.15, 0.2) is 0 Å². The molecule has 0 N–H and O–H groups in total. The van der Waals surface area contributed by atoms with E-state index in [0.29, 0.717) is 0 Å². The SMILES string of the molecule is CC1(C)OB(c2ccc3c4ccc(B5OC(C)(C)C(C)(C)O5)cc4n(CCCCCCBr)c3c2)OC1(C)C. The van der Waals surface area contributed by atoms with Crippen LogP contribution in [0.1, 0.15) is 81.1 Å². The first-order valence-corrected chi connectivity index (χ1v) is 15.2. The monoisotopic (exact) mass is 581 g/mol. The molecule has 0 aliphatic carbocycles. The van der Waals surface area contributed by atoms with E-state index in [1.807, 2.05) is 0 Å². The van der Waals surface area contributed by atoms with Crippen molar-refractivity contribution >= 4 is 62.9 Å². The Labute approximate surface area is 237 Å². The lowest BCUT2D eigenvalue weighted by Crippen LogP contribution is -2.41. The summed E-state index contributed by atoms with van der Waals surface area (Å²) in [4.78, 5) is 0. The topological polar surface area (TPSA) is 41.9 Å². The summed E-state index contributed by atoms with van der Waals surface area (Å²) in [5.74, 6) is 0. The minimum Gasteiger partial charge on any atom is -0.399 e. The van der Waals surface area contributed by atoms with Crippen molar-refractivity contribution in [3.8, 4) is 0 Å². The van der Waals surface area contributed by atoms with Crippen molar-refractivity contribution < 1.29 is 18.6 Å². The summed E-state index contributed by atoms with van der Waals surface area (Å²) in [5, 5.41) is 3.57. The van der Waals surface area contributed by atoms with Gasteiger partial charge in [-0.3, -0.25) is 0 Å². The molecule has 3 heterocycles. The van der Waals surface area contributed by atoms with Gasteiger partial charge in [-0.1, -0.05) is 53.0 Å². The van der Waals surface area contributed by atoms with Crippen molar-refractivity contribution in [3.05, 3.63) is 36.4 Å². The van der Waals surface area contributed by atoms with Crippen LogP contribution in [0.2, 0.25) is 0 Å². The zero-order valence-electron chi connectivity index (χ0n) is 24.3. The van der Waals surface area contributed by atoms with Gasteiger partial charge in [0.2, 0.25) is 0 Å². The molecule has 204 valence electrons. The molecule has 2 saturated heterocycles. The second-order valence-electron chi connectivity index (χ2n) is 13.0. The van der Waals surface area contributed by atoms with E-state index in [0.717, 1.165) is 29.2 Å². The Morgan fingerprint density at radius 2 is 1.00 bits per heavy atom. The molecule has 0 saturated carbocycles. The predicted octanol–water partition coefficient (Wildman–Crippen LogP) is 6.35. The molecule has 0 radical (unpaired) electrons. The third-order valence-corrected chi connectivity index (χ3v) is 9.79. The van der Waals surface area contributed by atoms with Gasteiger partial charge >= 0.3 is 14.2 Å². The maximum atomic E-state index is 6.40. The number of halogens is 1. The number of aromatic nitrogens is 1. The van der Waals surface area contributed by atoms with Crippen molar-refractivity contribution in [2.45, 2.75) is 110 Å². The Balaban J connectivity index is 1.55. The largest absolute Gasteiger partial charge is 0.494 e. The Morgan fingerprint density at radius 1 is 0.605 bits per heavy atom. The fraction of sp³-hybridized carbons (Fsp3) is 0.600. The maximum Gasteiger partial charge on any atom is 0.494 e. The Hall–Kier alpha value is -1.31. The zero-order chi connectivity index (χ0) is 27.5. The molecule has 2 fully saturated rings. The number of nitrogens with zero attached hydrogens (tertiary/aromatic N) is 1. The number of alkyl halides is 1. The summed E-state index contributed by atoms with van der Waals surface area (Å²) in [5.41, 5.74) is 3.09. The minimum atomic E-state index is -0.380. The smallest absolute Gasteiger partial charge is 0.399 e. The lowest BCUT2D eigenvalue weighted by molar-refractivity contribution is 0.00578. The van der Waals surface area contributed by atoms with Crippen LogP contribution in [0.5, 0.6) is 0 Å². The van der Waals surface area contributed by atoms with Gasteiger partial charge in [0, 0.05) is 33.7 Å². The van der Waals surface area contributed by atoms with E-state index in [9.17, 15) is 0 Å². The average Bonchev–Trinajstić information content (AvgIpc) is 3.35. The van der Waals surface area contributed by atoms with Gasteiger partial charge in [-0.15, -0.1) is 0 Å². The summed E-state index contributed by atoms with van der Waals surface area (Å²) in [6, 6.07) is 13.3. The molecule has 0 amide bonds. The lowest BCUT2D eigenvalue weighted by atomic mass is 9.78. The molecular weight excluding hydrogens is 540 g/mol. The molecule has 5 nitrogen and oxygen atoms in total. The number of unbranched alkanes of at least 4 members (excludes halogenated alkanes) is 3. The van der Waals surface area contributed by atoms with Crippen LogP contribution in [0.4, 0.5) is 0 Å². The van der Waals surface area contributed by atoms with E-state index in [-0.39, 0.29) is 36.6 Å². The molecule has 1 aromatic heterocycles. The highest BCUT2D eigenvalue weighted by Crippen LogP contribution is 2.38. The number of benzene rings is 2. The van der Waals surface area contributed by atoms with Crippen LogP contribution >= 0.6 is 15.9 Å². The molecule has 38 heavy (non-hydrogen) atoms. The van der Waals surface area contributed by atoms with Crippen molar-refractivity contribution in [3.63, 3.8) is 0 Å². The van der Waals surface area contributed by atoms with Crippen molar-refractivity contribution in [2.75, 3.05) is 5.33 Å². The van der Waals surface area contributed by atoms with Crippen LogP contribution in [-0.4, -0.2) is 46.5 Å². The molecule has 0 unspecified atom stereocenters. The maximum absolute atomic E-state index is 6.40. The molecular formula is C30H42B2BrNO4.